The molecule has 0 saturated carbocycles. The Bertz CT molecular complexity index is 549. The summed E-state index contributed by atoms with van der Waals surface area (Å²) in [6, 6.07) is 11.5. The molecule has 0 aliphatic heterocycles. The Morgan fingerprint density at radius 2 is 2.05 bits per heavy atom. The smallest absolute Gasteiger partial charge is 0.262 e. The molecule has 0 atom stereocenters. The molecule has 0 spiro atoms. The Kier molecular flexibility index (Phi) is 4.47. The van der Waals surface area contributed by atoms with Crippen LogP contribution in [-0.2, 0) is 6.54 Å². The largest absolute Gasteiger partial charge is 0.472 e. The van der Waals surface area contributed by atoms with Crippen molar-refractivity contribution in [2.45, 2.75) is 6.54 Å². The molecule has 0 N–H and O–H groups in total. The van der Waals surface area contributed by atoms with E-state index < -0.39 is 0 Å². The fourth-order valence-electron chi connectivity index (χ4n) is 1.69. The molecule has 0 saturated heterocycles. The van der Waals surface area contributed by atoms with Gasteiger partial charge in [-0.25, -0.2) is 0 Å². The number of hydrogen-bond acceptors (Lipinski definition) is 3. The third kappa shape index (κ3) is 3.29. The van der Waals surface area contributed by atoms with Crippen LogP contribution in [0, 0.1) is 0 Å². The van der Waals surface area contributed by atoms with Gasteiger partial charge < -0.3 is 4.42 Å². The van der Waals surface area contributed by atoms with Crippen LogP contribution in [0.2, 0.25) is 0 Å². The van der Waals surface area contributed by atoms with Gasteiger partial charge in [-0.2, -0.15) is 0 Å². The lowest BCUT2D eigenvalue weighted by Crippen LogP contribution is -2.28. The van der Waals surface area contributed by atoms with E-state index in [0.717, 1.165) is 10.6 Å². The van der Waals surface area contributed by atoms with E-state index in [4.69, 9.17) is 4.42 Å². The Morgan fingerprint density at radius 1 is 1.32 bits per heavy atom. The molecule has 1 amide bonds. The molecule has 1 aromatic heterocycles. The minimum atomic E-state index is -0.100. The Hall–Kier alpha value is -1.94. The molecule has 1 aromatic carbocycles. The molecule has 3 nitrogen and oxygen atoms in total. The van der Waals surface area contributed by atoms with E-state index in [1.54, 1.807) is 11.0 Å². The van der Waals surface area contributed by atoms with Gasteiger partial charge in [0.2, 0.25) is 0 Å². The van der Waals surface area contributed by atoms with Crippen molar-refractivity contribution in [3.8, 4) is 0 Å². The summed E-state index contributed by atoms with van der Waals surface area (Å²) < 4.78 is 4.97. The molecule has 0 radical (unpaired) electrons. The fourth-order valence-corrected chi connectivity index (χ4v) is 2.06. The molecule has 98 valence electrons. The van der Waals surface area contributed by atoms with Gasteiger partial charge >= 0.3 is 0 Å². The van der Waals surface area contributed by atoms with E-state index in [1.807, 2.05) is 36.6 Å². The number of carbonyl (C=O) groups is 1. The lowest BCUT2D eigenvalue weighted by atomic mass is 10.2. The normalized spacial score (nSPS) is 10.2. The number of hydrogen-bond donors (Lipinski definition) is 0. The Balaban J connectivity index is 2.22. The lowest BCUT2D eigenvalue weighted by molar-refractivity contribution is 0.0808. The average molecular weight is 273 g/mol. The topological polar surface area (TPSA) is 33.5 Å². The van der Waals surface area contributed by atoms with Crippen LogP contribution in [0.4, 0.5) is 0 Å². The summed E-state index contributed by atoms with van der Waals surface area (Å²) in [6.07, 6.45) is 4.85. The highest BCUT2D eigenvalue weighted by Gasteiger charge is 2.19. The van der Waals surface area contributed by atoms with Gasteiger partial charge in [-0.3, -0.25) is 9.69 Å². The monoisotopic (exact) mass is 273 g/mol. The predicted octanol–water partition coefficient (Wildman–Crippen LogP) is 3.76. The molecular formula is C15H15NO2S. The molecule has 4 heteroatoms. The zero-order valence-electron chi connectivity index (χ0n) is 10.7. The third-order valence-electron chi connectivity index (χ3n) is 2.73. The molecule has 2 aromatic rings. The molecule has 19 heavy (non-hydrogen) atoms. The molecule has 2 rings (SSSR count). The van der Waals surface area contributed by atoms with Gasteiger partial charge in [0.25, 0.3) is 5.91 Å². The summed E-state index contributed by atoms with van der Waals surface area (Å²) >= 11 is 1.46. The molecule has 0 fully saturated rings. The van der Waals surface area contributed by atoms with E-state index in [-0.39, 0.29) is 5.91 Å². The number of rotatable bonds is 5. The first-order valence-corrected chi connectivity index (χ1v) is 7.05. The Morgan fingerprint density at radius 3 is 2.63 bits per heavy atom. The highest BCUT2D eigenvalue weighted by molar-refractivity contribution is 8.02. The van der Waals surface area contributed by atoms with Crippen molar-refractivity contribution in [3.05, 3.63) is 71.7 Å². The average Bonchev–Trinajstić information content (AvgIpc) is 2.98. The van der Waals surface area contributed by atoms with Crippen LogP contribution in [0.25, 0.3) is 0 Å². The minimum absolute atomic E-state index is 0.100. The van der Waals surface area contributed by atoms with Gasteiger partial charge in [0.15, 0.2) is 0 Å². The number of nitrogens with zero attached hydrogens (tertiary/aromatic N) is 1. The number of benzene rings is 1. The number of carbonyl (C=O) groups excluding carboxylic acids is 1. The number of thioether (sulfide) groups is 1. The predicted molar refractivity (Wildman–Crippen MR) is 77.7 cm³/mol. The number of furan rings is 1. The summed E-state index contributed by atoms with van der Waals surface area (Å²) in [7, 11) is 0. The van der Waals surface area contributed by atoms with Crippen LogP contribution in [-0.4, -0.2) is 17.1 Å². The first-order chi connectivity index (χ1) is 9.22. The van der Waals surface area contributed by atoms with E-state index in [1.165, 1.54) is 24.3 Å². The highest BCUT2D eigenvalue weighted by atomic mass is 32.2. The summed E-state index contributed by atoms with van der Waals surface area (Å²) in [6.45, 7) is 4.44. The fraction of sp³-hybridized carbons (Fsp3) is 0.133. The second-order valence-electron chi connectivity index (χ2n) is 3.99. The highest BCUT2D eigenvalue weighted by Crippen LogP contribution is 2.21. The first kappa shape index (κ1) is 13.5. The van der Waals surface area contributed by atoms with Crippen molar-refractivity contribution >= 4 is 17.7 Å². The molecule has 0 aliphatic rings. The van der Waals surface area contributed by atoms with Crippen LogP contribution in [0.15, 0.2) is 64.9 Å². The second-order valence-corrected chi connectivity index (χ2v) is 4.87. The van der Waals surface area contributed by atoms with Crippen molar-refractivity contribution in [2.24, 2.45) is 0 Å². The van der Waals surface area contributed by atoms with Gasteiger partial charge in [-0.15, -0.1) is 11.8 Å². The van der Waals surface area contributed by atoms with Crippen LogP contribution in [0.3, 0.4) is 0 Å². The molecule has 0 bridgehead atoms. The van der Waals surface area contributed by atoms with E-state index in [0.29, 0.717) is 12.1 Å². The van der Waals surface area contributed by atoms with E-state index >= 15 is 0 Å². The molecule has 0 aliphatic carbocycles. The summed E-state index contributed by atoms with van der Waals surface area (Å²) in [4.78, 5) is 14.1. The van der Waals surface area contributed by atoms with Gasteiger partial charge in [0.05, 0.1) is 23.4 Å². The zero-order chi connectivity index (χ0) is 13.7. The van der Waals surface area contributed by atoms with Gasteiger partial charge in [0, 0.05) is 0 Å². The lowest BCUT2D eigenvalue weighted by Gasteiger charge is -2.23. The first-order valence-electron chi connectivity index (χ1n) is 5.83. The van der Waals surface area contributed by atoms with Crippen molar-refractivity contribution in [2.75, 3.05) is 6.26 Å². The van der Waals surface area contributed by atoms with Crippen LogP contribution < -0.4 is 0 Å². The Labute approximate surface area is 116 Å². The third-order valence-corrected chi connectivity index (χ3v) is 3.43. The standard InChI is InChI=1S/C15H15NO2S/c1-12(19-2)16(10-13-6-4-3-5-7-13)15(17)14-8-9-18-11-14/h3-9,11H,1,10H2,2H3. The number of amides is 1. The van der Waals surface area contributed by atoms with Crippen molar-refractivity contribution in [3.63, 3.8) is 0 Å². The molecule has 0 unspecified atom stereocenters. The zero-order valence-corrected chi connectivity index (χ0v) is 11.5. The van der Waals surface area contributed by atoms with Crippen LogP contribution in [0.5, 0.6) is 0 Å². The van der Waals surface area contributed by atoms with E-state index in [9.17, 15) is 4.79 Å². The van der Waals surface area contributed by atoms with E-state index in [2.05, 4.69) is 6.58 Å². The van der Waals surface area contributed by atoms with Crippen molar-refractivity contribution in [1.29, 1.82) is 0 Å². The van der Waals surface area contributed by atoms with Crippen molar-refractivity contribution < 1.29 is 9.21 Å². The summed E-state index contributed by atoms with van der Waals surface area (Å²) in [5.74, 6) is -0.100. The summed E-state index contributed by atoms with van der Waals surface area (Å²) in [5, 5.41) is 0.718. The van der Waals surface area contributed by atoms with Crippen molar-refractivity contribution in [1.82, 2.24) is 4.90 Å². The second kappa shape index (κ2) is 6.29. The quantitative estimate of drug-likeness (QED) is 0.831. The van der Waals surface area contributed by atoms with Gasteiger partial charge in [0.1, 0.15) is 6.26 Å². The maximum atomic E-state index is 12.4. The summed E-state index contributed by atoms with van der Waals surface area (Å²) in [5.41, 5.74) is 1.60. The maximum absolute atomic E-state index is 12.4. The van der Waals surface area contributed by atoms with Crippen LogP contribution >= 0.6 is 11.8 Å². The van der Waals surface area contributed by atoms with Crippen LogP contribution in [0.1, 0.15) is 15.9 Å². The molecular weight excluding hydrogens is 258 g/mol. The SMILES string of the molecule is C=C(SC)N(Cc1ccccc1)C(=O)c1ccoc1. The maximum Gasteiger partial charge on any atom is 0.262 e. The van der Waals surface area contributed by atoms with Gasteiger partial charge in [-0.05, 0) is 17.9 Å². The molecule has 1 heterocycles. The minimum Gasteiger partial charge on any atom is -0.472 e. The van der Waals surface area contributed by atoms with Gasteiger partial charge in [-0.1, -0.05) is 36.9 Å².